The molecular formula is C14H21N7O7S. The summed E-state index contributed by atoms with van der Waals surface area (Å²) in [7, 11) is -4.84. The number of fused-ring (bicyclic) bond motifs is 2. The highest BCUT2D eigenvalue weighted by Crippen LogP contribution is 2.31. The van der Waals surface area contributed by atoms with E-state index < -0.39 is 40.1 Å². The molecule has 3 aliphatic rings. The summed E-state index contributed by atoms with van der Waals surface area (Å²) in [6.45, 7) is 0.943. The van der Waals surface area contributed by atoms with Gasteiger partial charge in [0.15, 0.2) is 5.66 Å². The molecule has 3 N–H and O–H groups in total. The lowest BCUT2D eigenvalue weighted by Crippen LogP contribution is -2.53. The molecular weight excluding hydrogens is 410 g/mol. The van der Waals surface area contributed by atoms with E-state index in [9.17, 15) is 18.0 Å². The zero-order valence-corrected chi connectivity index (χ0v) is 16.1. The summed E-state index contributed by atoms with van der Waals surface area (Å²) in [5.74, 6) is -0.535. The maximum atomic E-state index is 12.6. The smallest absolute Gasteiger partial charge is 0.309 e. The van der Waals surface area contributed by atoms with Crippen LogP contribution in [0, 0.1) is 0 Å². The average Bonchev–Trinajstić information content (AvgIpc) is 3.40. The number of amides is 3. The number of nitrogens with one attached hydrogen (secondary N) is 2. The molecule has 29 heavy (non-hydrogen) atoms. The molecule has 0 spiro atoms. The first kappa shape index (κ1) is 20.0. The molecule has 1 aromatic heterocycles. The highest BCUT2D eigenvalue weighted by molar-refractivity contribution is 7.80. The monoisotopic (exact) mass is 431 g/mol. The molecule has 0 aromatic carbocycles. The number of hydrogen-bond donors (Lipinski definition) is 3. The molecule has 0 saturated carbocycles. The van der Waals surface area contributed by atoms with Gasteiger partial charge in [-0.3, -0.25) is 19.5 Å². The number of hydrogen-bond acceptors (Lipinski definition) is 9. The Kier molecular flexibility index (Phi) is 5.16. The first-order chi connectivity index (χ1) is 13.8. The number of carbonyl (C=O) groups excluding carboxylic acids is 2. The second-order valence-electron chi connectivity index (χ2n) is 7.15. The van der Waals surface area contributed by atoms with Crippen LogP contribution in [-0.2, 0) is 30.0 Å². The second-order valence-corrected chi connectivity index (χ2v) is 8.15. The van der Waals surface area contributed by atoms with E-state index in [1.54, 1.807) is 12.4 Å². The molecule has 4 heterocycles. The Balaban J connectivity index is 1.35. The summed E-state index contributed by atoms with van der Waals surface area (Å²) >= 11 is 0. The Morgan fingerprint density at radius 1 is 1.38 bits per heavy atom. The van der Waals surface area contributed by atoms with Crippen LogP contribution >= 0.6 is 0 Å². The highest BCUT2D eigenvalue weighted by Gasteiger charge is 2.49. The molecule has 3 fully saturated rings. The fraction of sp³-hybridized carbons (Fsp3) is 0.714. The number of hydroxylamine groups is 3. The summed E-state index contributed by atoms with van der Waals surface area (Å²) in [5, 5.41) is 12.2. The number of piperidine rings is 1. The van der Waals surface area contributed by atoms with Gasteiger partial charge in [-0.25, -0.2) is 10.3 Å². The minimum Gasteiger partial charge on any atom is -0.309 e. The van der Waals surface area contributed by atoms with Crippen LogP contribution in [0.15, 0.2) is 12.4 Å². The van der Waals surface area contributed by atoms with Crippen molar-refractivity contribution in [2.45, 2.75) is 43.4 Å². The summed E-state index contributed by atoms with van der Waals surface area (Å²) in [6.07, 6.45) is 5.35. The van der Waals surface area contributed by atoms with Crippen molar-refractivity contribution < 1.29 is 31.7 Å². The zero-order chi connectivity index (χ0) is 20.6. The molecule has 0 aliphatic carbocycles. The maximum Gasteiger partial charge on any atom is 0.418 e. The molecule has 15 heteroatoms. The Morgan fingerprint density at radius 3 is 2.79 bits per heavy atom. The first-order valence-electron chi connectivity index (χ1n) is 9.09. The van der Waals surface area contributed by atoms with Gasteiger partial charge in [-0.05, 0) is 32.2 Å². The molecule has 160 valence electrons. The van der Waals surface area contributed by atoms with Crippen molar-refractivity contribution in [1.82, 2.24) is 35.8 Å². The Bertz CT molecular complexity index is 871. The lowest BCUT2D eigenvalue weighted by atomic mass is 10.0. The van der Waals surface area contributed by atoms with Crippen LogP contribution in [-0.4, -0.2) is 81.6 Å². The van der Waals surface area contributed by atoms with Gasteiger partial charge in [-0.2, -0.15) is 28.5 Å². The third-order valence-electron chi connectivity index (χ3n) is 5.31. The summed E-state index contributed by atoms with van der Waals surface area (Å²) in [6, 6.07) is -2.21. The molecule has 3 atom stereocenters. The van der Waals surface area contributed by atoms with Crippen LogP contribution in [0.2, 0.25) is 0 Å². The fourth-order valence-corrected chi connectivity index (χ4v) is 4.37. The van der Waals surface area contributed by atoms with Crippen LogP contribution in [0.5, 0.6) is 0 Å². The van der Waals surface area contributed by atoms with Gasteiger partial charge in [-0.1, -0.05) is 0 Å². The van der Waals surface area contributed by atoms with Crippen molar-refractivity contribution in [2.75, 3.05) is 19.7 Å². The number of nitrogens with zero attached hydrogens (tertiary/aromatic N) is 5. The van der Waals surface area contributed by atoms with Gasteiger partial charge in [-0.15, -0.1) is 4.28 Å². The first-order valence-corrected chi connectivity index (χ1v) is 10.5. The topological polar surface area (TPSA) is 168 Å². The van der Waals surface area contributed by atoms with E-state index in [2.05, 4.69) is 25.3 Å². The number of aromatic nitrogens is 3. The van der Waals surface area contributed by atoms with E-state index in [4.69, 9.17) is 9.39 Å². The van der Waals surface area contributed by atoms with Crippen molar-refractivity contribution in [3.63, 3.8) is 0 Å². The summed E-state index contributed by atoms with van der Waals surface area (Å²) in [5.41, 5.74) is 1.70. The van der Waals surface area contributed by atoms with Crippen LogP contribution in [0.1, 0.15) is 25.7 Å². The van der Waals surface area contributed by atoms with Gasteiger partial charge in [0.05, 0.1) is 18.4 Å². The standard InChI is InChI=1S/C14H21N7O7S/c22-12(18-27-9-14(4-1-5-15-14)21-16-6-7-17-21)11-3-2-10-8-19(11)13(23)20(10)28-29(24,25)26/h6-7,10-11,15H,1-5,8-9H2,(H,18,22)(H,24,25,26)/t10-,11+,14-/m1/s1. The molecule has 4 rings (SSSR count). The molecule has 14 nitrogen and oxygen atoms in total. The quantitative estimate of drug-likeness (QED) is 0.336. The van der Waals surface area contributed by atoms with Crippen molar-refractivity contribution in [3.05, 3.63) is 12.4 Å². The average molecular weight is 431 g/mol. The van der Waals surface area contributed by atoms with E-state index in [0.29, 0.717) is 17.9 Å². The van der Waals surface area contributed by atoms with Crippen molar-refractivity contribution in [3.8, 4) is 0 Å². The van der Waals surface area contributed by atoms with Crippen LogP contribution < -0.4 is 10.8 Å². The minimum absolute atomic E-state index is 0.0781. The third-order valence-corrected chi connectivity index (χ3v) is 5.66. The Morgan fingerprint density at radius 2 is 2.14 bits per heavy atom. The lowest BCUT2D eigenvalue weighted by molar-refractivity contribution is -0.142. The van der Waals surface area contributed by atoms with Crippen molar-refractivity contribution in [2.24, 2.45) is 0 Å². The van der Waals surface area contributed by atoms with Crippen LogP contribution in [0.4, 0.5) is 4.79 Å². The van der Waals surface area contributed by atoms with Gasteiger partial charge in [0.2, 0.25) is 0 Å². The molecule has 0 unspecified atom stereocenters. The maximum absolute atomic E-state index is 12.6. The van der Waals surface area contributed by atoms with Gasteiger partial charge < -0.3 is 4.90 Å². The third kappa shape index (κ3) is 3.91. The predicted molar refractivity (Wildman–Crippen MR) is 92.7 cm³/mol. The minimum atomic E-state index is -4.84. The van der Waals surface area contributed by atoms with Gasteiger partial charge in [0, 0.05) is 6.54 Å². The fourth-order valence-electron chi connectivity index (χ4n) is 3.98. The number of carbonyl (C=O) groups is 2. The van der Waals surface area contributed by atoms with Crippen LogP contribution in [0.25, 0.3) is 0 Å². The molecule has 3 saturated heterocycles. The Labute approximate surface area is 166 Å². The Hall–Kier alpha value is -2.33. The van der Waals surface area contributed by atoms with Crippen LogP contribution in [0.3, 0.4) is 0 Å². The van der Waals surface area contributed by atoms with E-state index in [0.717, 1.165) is 19.4 Å². The highest BCUT2D eigenvalue weighted by atomic mass is 32.3. The van der Waals surface area contributed by atoms with Gasteiger partial charge >= 0.3 is 16.4 Å². The molecule has 0 radical (unpaired) electrons. The van der Waals surface area contributed by atoms with Gasteiger partial charge in [0.1, 0.15) is 12.6 Å². The predicted octanol–water partition coefficient (Wildman–Crippen LogP) is -1.63. The largest absolute Gasteiger partial charge is 0.418 e. The number of rotatable bonds is 7. The zero-order valence-electron chi connectivity index (χ0n) is 15.3. The second kappa shape index (κ2) is 7.49. The van der Waals surface area contributed by atoms with E-state index >= 15 is 0 Å². The molecule has 2 bridgehead atoms. The molecule has 3 aliphatic heterocycles. The van der Waals surface area contributed by atoms with Crippen molar-refractivity contribution in [1.29, 1.82) is 0 Å². The van der Waals surface area contributed by atoms with E-state index in [-0.39, 0.29) is 13.2 Å². The van der Waals surface area contributed by atoms with E-state index in [1.165, 1.54) is 9.70 Å². The molecule has 1 aromatic rings. The SMILES string of the molecule is O=C(NOC[C@]1(n2nccn2)CCCN1)[C@@H]1CC[C@@H]2CN1C(=O)N2OS(=O)(=O)O. The van der Waals surface area contributed by atoms with Gasteiger partial charge in [0.25, 0.3) is 5.91 Å². The normalized spacial score (nSPS) is 29.5. The summed E-state index contributed by atoms with van der Waals surface area (Å²) in [4.78, 5) is 33.1. The molecule has 3 amide bonds. The van der Waals surface area contributed by atoms with Crippen molar-refractivity contribution >= 4 is 22.3 Å². The lowest BCUT2D eigenvalue weighted by Gasteiger charge is -2.30. The number of urea groups is 1. The van der Waals surface area contributed by atoms with E-state index in [1.807, 2.05) is 0 Å². The summed E-state index contributed by atoms with van der Waals surface area (Å²) < 4.78 is 35.0.